The number of methoxy groups -OCH3 is 1. The molecule has 4 aromatic rings. The summed E-state index contributed by atoms with van der Waals surface area (Å²) in [5, 5.41) is 0.630. The minimum atomic E-state index is 0.0718. The lowest BCUT2D eigenvalue weighted by Gasteiger charge is -2.18. The topological polar surface area (TPSA) is 56.6 Å². The van der Waals surface area contributed by atoms with Crippen LogP contribution in [0, 0.1) is 0 Å². The Kier molecular flexibility index (Phi) is 7.42. The number of para-hydroxylation sites is 3. The van der Waals surface area contributed by atoms with Crippen molar-refractivity contribution in [3.63, 3.8) is 0 Å². The van der Waals surface area contributed by atoms with Gasteiger partial charge in [0, 0.05) is 32.0 Å². The Hall–Kier alpha value is -3.51. The average Bonchev–Trinajstić information content (AvgIpc) is 3.45. The maximum absolute atomic E-state index is 12.9. The van der Waals surface area contributed by atoms with Gasteiger partial charge in [0.1, 0.15) is 17.3 Å². The minimum absolute atomic E-state index is 0.0718. The standard InChI is InChI=1S/C29H30ClN3O3/c1-35-23-14-12-21(13-15-23)19-32-20-22(18-28(32)34)29-31-25-9-3-4-10-26(25)33(29)16-6-7-17-36-27-11-5-2-8-24(27)30/h2-5,8-15,22H,6-7,16-20H2,1H3. The van der Waals surface area contributed by atoms with Crippen LogP contribution in [0.3, 0.4) is 0 Å². The van der Waals surface area contributed by atoms with Gasteiger partial charge in [-0.25, -0.2) is 4.98 Å². The molecule has 0 spiro atoms. The molecule has 1 saturated heterocycles. The fourth-order valence-corrected chi connectivity index (χ4v) is 5.00. The number of hydrogen-bond donors (Lipinski definition) is 0. The SMILES string of the molecule is COc1ccc(CN2CC(c3nc4ccccc4n3CCCCOc3ccccc3Cl)CC2=O)cc1. The molecular formula is C29H30ClN3O3. The van der Waals surface area contributed by atoms with Crippen LogP contribution >= 0.6 is 11.6 Å². The van der Waals surface area contributed by atoms with E-state index >= 15 is 0 Å². The maximum Gasteiger partial charge on any atom is 0.223 e. The molecule has 0 aliphatic carbocycles. The summed E-state index contributed by atoms with van der Waals surface area (Å²) in [6.45, 7) is 2.69. The second kappa shape index (κ2) is 11.0. The van der Waals surface area contributed by atoms with E-state index in [2.05, 4.69) is 10.6 Å². The van der Waals surface area contributed by atoms with Gasteiger partial charge in [-0.3, -0.25) is 4.79 Å². The normalized spacial score (nSPS) is 15.6. The number of carbonyl (C=O) groups excluding carboxylic acids is 1. The van der Waals surface area contributed by atoms with E-state index in [9.17, 15) is 4.79 Å². The first-order valence-corrected chi connectivity index (χ1v) is 12.7. The lowest BCUT2D eigenvalue weighted by Crippen LogP contribution is -2.24. The van der Waals surface area contributed by atoms with E-state index in [4.69, 9.17) is 26.1 Å². The van der Waals surface area contributed by atoms with Gasteiger partial charge in [0.2, 0.25) is 5.91 Å². The molecule has 36 heavy (non-hydrogen) atoms. The number of rotatable bonds is 10. The van der Waals surface area contributed by atoms with Gasteiger partial charge in [0.05, 0.1) is 29.8 Å². The zero-order valence-corrected chi connectivity index (χ0v) is 21.2. The summed E-state index contributed by atoms with van der Waals surface area (Å²) in [4.78, 5) is 19.8. The van der Waals surface area contributed by atoms with Gasteiger partial charge in [-0.15, -0.1) is 0 Å². The second-order valence-electron chi connectivity index (χ2n) is 9.12. The third kappa shape index (κ3) is 5.34. The highest BCUT2D eigenvalue weighted by Crippen LogP contribution is 2.32. The molecular weight excluding hydrogens is 474 g/mol. The first kappa shape index (κ1) is 24.2. The number of fused-ring (bicyclic) bond motifs is 1. The van der Waals surface area contributed by atoms with Crippen LogP contribution in [0.2, 0.25) is 5.02 Å². The molecule has 1 fully saturated rings. The molecule has 0 saturated carbocycles. The molecule has 7 heteroatoms. The average molecular weight is 504 g/mol. The zero-order valence-electron chi connectivity index (χ0n) is 20.4. The molecule has 1 aliphatic heterocycles. The van der Waals surface area contributed by atoms with Crippen LogP contribution in [0.1, 0.15) is 36.6 Å². The fraction of sp³-hybridized carbons (Fsp3) is 0.310. The van der Waals surface area contributed by atoms with Crippen LogP contribution in [0.5, 0.6) is 11.5 Å². The lowest BCUT2D eigenvalue weighted by molar-refractivity contribution is -0.128. The smallest absolute Gasteiger partial charge is 0.223 e. The molecule has 1 amide bonds. The van der Waals surface area contributed by atoms with Crippen LogP contribution < -0.4 is 9.47 Å². The van der Waals surface area contributed by atoms with E-state index < -0.39 is 0 Å². The van der Waals surface area contributed by atoms with E-state index in [-0.39, 0.29) is 11.8 Å². The molecule has 3 aromatic carbocycles. The molecule has 0 N–H and O–H groups in total. The Bertz CT molecular complexity index is 1340. The van der Waals surface area contributed by atoms with E-state index in [1.165, 1.54) is 0 Å². The van der Waals surface area contributed by atoms with Crippen molar-refractivity contribution in [3.05, 3.63) is 89.2 Å². The summed E-state index contributed by atoms with van der Waals surface area (Å²) in [6, 6.07) is 23.6. The van der Waals surface area contributed by atoms with Crippen LogP contribution in [-0.4, -0.2) is 40.6 Å². The highest BCUT2D eigenvalue weighted by Gasteiger charge is 2.33. The second-order valence-corrected chi connectivity index (χ2v) is 9.53. The number of hydrogen-bond acceptors (Lipinski definition) is 4. The summed E-state index contributed by atoms with van der Waals surface area (Å²) in [5.74, 6) is 2.77. The number of benzene rings is 3. The first-order chi connectivity index (χ1) is 17.6. The lowest BCUT2D eigenvalue weighted by atomic mass is 10.1. The molecule has 1 atom stereocenters. The number of aryl methyl sites for hydroxylation is 1. The Morgan fingerprint density at radius 2 is 1.78 bits per heavy atom. The van der Waals surface area contributed by atoms with Gasteiger partial charge in [0.25, 0.3) is 0 Å². The van der Waals surface area contributed by atoms with E-state index in [0.717, 1.165) is 47.6 Å². The molecule has 2 heterocycles. The molecule has 186 valence electrons. The molecule has 5 rings (SSSR count). The number of carbonyl (C=O) groups is 1. The van der Waals surface area contributed by atoms with Crippen molar-refractivity contribution in [3.8, 4) is 11.5 Å². The molecule has 6 nitrogen and oxygen atoms in total. The third-order valence-electron chi connectivity index (χ3n) is 6.67. The summed E-state index contributed by atoms with van der Waals surface area (Å²) in [6.07, 6.45) is 2.31. The highest BCUT2D eigenvalue weighted by molar-refractivity contribution is 6.32. The molecule has 0 bridgehead atoms. The van der Waals surface area contributed by atoms with Crippen LogP contribution in [0.25, 0.3) is 11.0 Å². The van der Waals surface area contributed by atoms with Crippen molar-refractivity contribution in [1.82, 2.24) is 14.5 Å². The Morgan fingerprint density at radius 3 is 2.58 bits per heavy atom. The summed E-state index contributed by atoms with van der Waals surface area (Å²) in [5.41, 5.74) is 3.18. The van der Waals surface area contributed by atoms with Crippen molar-refractivity contribution in [2.45, 2.75) is 38.3 Å². The van der Waals surface area contributed by atoms with Gasteiger partial charge in [-0.05, 0) is 54.8 Å². The third-order valence-corrected chi connectivity index (χ3v) is 6.98. The summed E-state index contributed by atoms with van der Waals surface area (Å²) in [7, 11) is 1.65. The summed E-state index contributed by atoms with van der Waals surface area (Å²) < 4.78 is 13.4. The van der Waals surface area contributed by atoms with E-state index in [1.807, 2.05) is 71.6 Å². The Labute approximate surface area is 216 Å². The number of aromatic nitrogens is 2. The van der Waals surface area contributed by atoms with Crippen molar-refractivity contribution in [2.24, 2.45) is 0 Å². The highest BCUT2D eigenvalue weighted by atomic mass is 35.5. The molecule has 1 aromatic heterocycles. The van der Waals surface area contributed by atoms with Gasteiger partial charge in [0.15, 0.2) is 0 Å². The van der Waals surface area contributed by atoms with Crippen molar-refractivity contribution in [1.29, 1.82) is 0 Å². The van der Waals surface area contributed by atoms with Crippen molar-refractivity contribution >= 4 is 28.5 Å². The minimum Gasteiger partial charge on any atom is -0.497 e. The van der Waals surface area contributed by atoms with Crippen molar-refractivity contribution < 1.29 is 14.3 Å². The molecule has 1 aliphatic rings. The number of imidazole rings is 1. The maximum atomic E-state index is 12.9. The summed E-state index contributed by atoms with van der Waals surface area (Å²) >= 11 is 6.19. The largest absolute Gasteiger partial charge is 0.497 e. The first-order valence-electron chi connectivity index (χ1n) is 12.4. The van der Waals surface area contributed by atoms with Gasteiger partial charge >= 0.3 is 0 Å². The van der Waals surface area contributed by atoms with Crippen LogP contribution in [0.4, 0.5) is 0 Å². The Balaban J connectivity index is 1.25. The predicted octanol–water partition coefficient (Wildman–Crippen LogP) is 6.07. The van der Waals surface area contributed by atoms with Gasteiger partial charge < -0.3 is 18.9 Å². The van der Waals surface area contributed by atoms with E-state index in [1.54, 1.807) is 7.11 Å². The quantitative estimate of drug-likeness (QED) is 0.246. The number of halogens is 1. The molecule has 0 radical (unpaired) electrons. The van der Waals surface area contributed by atoms with Crippen LogP contribution in [0.15, 0.2) is 72.8 Å². The van der Waals surface area contributed by atoms with Gasteiger partial charge in [-0.1, -0.05) is 48.0 Å². The monoisotopic (exact) mass is 503 g/mol. The number of ether oxygens (including phenoxy) is 2. The van der Waals surface area contributed by atoms with Gasteiger partial charge in [-0.2, -0.15) is 0 Å². The molecule has 1 unspecified atom stereocenters. The fourth-order valence-electron chi connectivity index (χ4n) is 4.81. The number of nitrogens with zero attached hydrogens (tertiary/aromatic N) is 3. The number of amides is 1. The zero-order chi connectivity index (χ0) is 24.9. The Morgan fingerprint density at radius 1 is 1.00 bits per heavy atom. The van der Waals surface area contributed by atoms with Crippen molar-refractivity contribution in [2.75, 3.05) is 20.3 Å². The van der Waals surface area contributed by atoms with Crippen LogP contribution in [-0.2, 0) is 17.9 Å². The number of likely N-dealkylation sites (tertiary alicyclic amines) is 1. The van der Waals surface area contributed by atoms with E-state index in [0.29, 0.717) is 36.9 Å². The number of unbranched alkanes of at least 4 members (excludes halogenated alkanes) is 1. The predicted molar refractivity (Wildman–Crippen MR) is 142 cm³/mol.